The van der Waals surface area contributed by atoms with E-state index in [4.69, 9.17) is 5.73 Å². The molecule has 0 aromatic heterocycles. The molecular formula is C17H26N4O5S2. The SMILES string of the molecule is C=C(C)N(CN1C(=O)C(CC(C)C)N(C)S1(=O)=O)S(=O)(=O)c1ccc(N)cc1. The predicted octanol–water partition coefficient (Wildman–Crippen LogP) is 1.18. The Morgan fingerprint density at radius 1 is 1.29 bits per heavy atom. The third kappa shape index (κ3) is 4.01. The molecule has 2 rings (SSSR count). The lowest BCUT2D eigenvalue weighted by molar-refractivity contribution is -0.128. The smallest absolute Gasteiger partial charge is 0.308 e. The summed E-state index contributed by atoms with van der Waals surface area (Å²) in [5.41, 5.74) is 6.06. The lowest BCUT2D eigenvalue weighted by Crippen LogP contribution is -2.44. The van der Waals surface area contributed by atoms with Gasteiger partial charge in [-0.25, -0.2) is 12.7 Å². The number of allylic oxidation sites excluding steroid dienone is 1. The van der Waals surface area contributed by atoms with Gasteiger partial charge in [-0.1, -0.05) is 20.4 Å². The summed E-state index contributed by atoms with van der Waals surface area (Å²) in [5.74, 6) is -0.572. The maximum Gasteiger partial charge on any atom is 0.308 e. The van der Waals surface area contributed by atoms with Gasteiger partial charge in [0.25, 0.3) is 15.9 Å². The average Bonchev–Trinajstić information content (AvgIpc) is 2.72. The Morgan fingerprint density at radius 2 is 1.82 bits per heavy atom. The largest absolute Gasteiger partial charge is 0.399 e. The molecule has 0 aliphatic carbocycles. The number of carbonyl (C=O) groups excluding carboxylic acids is 1. The summed E-state index contributed by atoms with van der Waals surface area (Å²) in [5, 5.41) is 0. The summed E-state index contributed by atoms with van der Waals surface area (Å²) in [6, 6.07) is 4.61. The van der Waals surface area contributed by atoms with Crippen molar-refractivity contribution in [3.8, 4) is 0 Å². The minimum atomic E-state index is -4.14. The number of nitrogen functional groups attached to an aromatic ring is 1. The molecule has 1 amide bonds. The van der Waals surface area contributed by atoms with Gasteiger partial charge in [-0.2, -0.15) is 12.7 Å². The van der Waals surface area contributed by atoms with Gasteiger partial charge in [-0.3, -0.25) is 9.10 Å². The van der Waals surface area contributed by atoms with Crippen molar-refractivity contribution < 1.29 is 21.6 Å². The van der Waals surface area contributed by atoms with Crippen LogP contribution in [0.1, 0.15) is 27.2 Å². The quantitative estimate of drug-likeness (QED) is 0.649. The number of anilines is 1. The normalized spacial score (nSPS) is 20.0. The monoisotopic (exact) mass is 430 g/mol. The molecule has 1 aliphatic heterocycles. The van der Waals surface area contributed by atoms with Crippen LogP contribution in [-0.4, -0.2) is 55.4 Å². The maximum atomic E-state index is 13.0. The topological polar surface area (TPSA) is 121 Å². The number of hydrogen-bond acceptors (Lipinski definition) is 6. The number of benzene rings is 1. The number of nitrogens with zero attached hydrogens (tertiary/aromatic N) is 3. The Balaban J connectivity index is 2.42. The van der Waals surface area contributed by atoms with Crippen molar-refractivity contribution in [2.45, 2.75) is 38.1 Å². The first-order valence-corrected chi connectivity index (χ1v) is 11.5. The molecule has 1 unspecified atom stereocenters. The zero-order valence-electron chi connectivity index (χ0n) is 16.4. The Hall–Kier alpha value is -2.11. The zero-order chi connectivity index (χ0) is 21.4. The minimum absolute atomic E-state index is 0.0785. The lowest BCUT2D eigenvalue weighted by atomic mass is 10.0. The fraction of sp³-hybridized carbons (Fsp3) is 0.471. The highest BCUT2D eigenvalue weighted by atomic mass is 32.2. The van der Waals surface area contributed by atoms with Crippen LogP contribution in [0.2, 0.25) is 0 Å². The van der Waals surface area contributed by atoms with Crippen molar-refractivity contribution in [3.63, 3.8) is 0 Å². The second-order valence-corrected chi connectivity index (χ2v) is 10.9. The van der Waals surface area contributed by atoms with Gasteiger partial charge in [0.1, 0.15) is 12.7 Å². The van der Waals surface area contributed by atoms with E-state index in [0.717, 1.165) is 8.61 Å². The highest BCUT2D eigenvalue weighted by Crippen LogP contribution is 2.29. The van der Waals surface area contributed by atoms with Gasteiger partial charge in [0, 0.05) is 18.4 Å². The van der Waals surface area contributed by atoms with Crippen LogP contribution in [0.3, 0.4) is 0 Å². The third-order valence-corrected chi connectivity index (χ3v) is 8.17. The molecule has 9 nitrogen and oxygen atoms in total. The summed E-state index contributed by atoms with van der Waals surface area (Å²) in [6.07, 6.45) is 0.336. The predicted molar refractivity (Wildman–Crippen MR) is 106 cm³/mol. The van der Waals surface area contributed by atoms with Gasteiger partial charge < -0.3 is 5.73 Å². The minimum Gasteiger partial charge on any atom is -0.399 e. The molecular weight excluding hydrogens is 404 g/mol. The molecule has 1 fully saturated rings. The molecule has 1 atom stereocenters. The second-order valence-electron chi connectivity index (χ2n) is 7.16. The molecule has 1 aromatic carbocycles. The standard InChI is InChI=1S/C17H26N4O5S2/c1-12(2)10-16-17(22)21(28(25,26)19(16)5)11-20(13(3)4)27(23,24)15-8-6-14(18)7-9-15/h6-9,12,16H,3,10-11,18H2,1-2,4-5H3. The molecule has 1 heterocycles. The summed E-state index contributed by atoms with van der Waals surface area (Å²) >= 11 is 0. The first-order valence-electron chi connectivity index (χ1n) is 8.63. The van der Waals surface area contributed by atoms with Crippen molar-refractivity contribution in [1.82, 2.24) is 12.9 Å². The molecule has 0 bridgehead atoms. The highest BCUT2D eigenvalue weighted by Gasteiger charge is 2.49. The van der Waals surface area contributed by atoms with Gasteiger partial charge in [0.2, 0.25) is 0 Å². The van der Waals surface area contributed by atoms with Gasteiger partial charge in [-0.05, 0) is 43.5 Å². The average molecular weight is 431 g/mol. The number of carbonyl (C=O) groups is 1. The van der Waals surface area contributed by atoms with Crippen LogP contribution in [0, 0.1) is 5.92 Å². The van der Waals surface area contributed by atoms with E-state index in [2.05, 4.69) is 6.58 Å². The Kier molecular flexibility index (Phi) is 6.12. The third-order valence-electron chi connectivity index (χ3n) is 4.46. The van der Waals surface area contributed by atoms with Gasteiger partial charge in [0.05, 0.1) is 4.90 Å². The van der Waals surface area contributed by atoms with Crippen molar-refractivity contribution in [2.24, 2.45) is 5.92 Å². The fourth-order valence-electron chi connectivity index (χ4n) is 2.88. The Bertz CT molecular complexity index is 971. The molecule has 1 aliphatic rings. The number of sulfonamides is 1. The van der Waals surface area contributed by atoms with E-state index in [0.29, 0.717) is 16.4 Å². The molecule has 156 valence electrons. The highest BCUT2D eigenvalue weighted by molar-refractivity contribution is 7.89. The summed E-state index contributed by atoms with van der Waals surface area (Å²) in [4.78, 5) is 12.7. The van der Waals surface area contributed by atoms with Crippen molar-refractivity contribution in [2.75, 3.05) is 19.5 Å². The molecule has 1 aromatic rings. The van der Waals surface area contributed by atoms with E-state index in [1.165, 1.54) is 38.2 Å². The maximum absolute atomic E-state index is 13.0. The van der Waals surface area contributed by atoms with Crippen LogP contribution < -0.4 is 5.73 Å². The molecule has 1 saturated heterocycles. The number of rotatable bonds is 7. The summed E-state index contributed by atoms with van der Waals surface area (Å²) in [7, 11) is -6.95. The van der Waals surface area contributed by atoms with E-state index >= 15 is 0 Å². The zero-order valence-corrected chi connectivity index (χ0v) is 18.0. The molecule has 11 heteroatoms. The molecule has 0 radical (unpaired) electrons. The first-order chi connectivity index (χ1) is 12.8. The number of nitrogens with two attached hydrogens (primary N) is 1. The van der Waals surface area contributed by atoms with E-state index in [1.54, 1.807) is 0 Å². The van der Waals surface area contributed by atoms with E-state index < -0.39 is 38.9 Å². The molecule has 0 spiro atoms. The number of hydrogen-bond donors (Lipinski definition) is 1. The van der Waals surface area contributed by atoms with Crippen LogP contribution in [0.25, 0.3) is 0 Å². The van der Waals surface area contributed by atoms with E-state index in [1.807, 2.05) is 13.8 Å². The summed E-state index contributed by atoms with van der Waals surface area (Å²) in [6.45, 7) is 8.15. The van der Waals surface area contributed by atoms with Crippen LogP contribution in [-0.2, 0) is 25.0 Å². The molecule has 28 heavy (non-hydrogen) atoms. The van der Waals surface area contributed by atoms with Gasteiger partial charge >= 0.3 is 10.2 Å². The Labute approximate surface area is 166 Å². The lowest BCUT2D eigenvalue weighted by Gasteiger charge is -2.28. The fourth-order valence-corrected chi connectivity index (χ4v) is 5.78. The van der Waals surface area contributed by atoms with Crippen LogP contribution >= 0.6 is 0 Å². The van der Waals surface area contributed by atoms with Crippen LogP contribution in [0.15, 0.2) is 41.4 Å². The second kappa shape index (κ2) is 7.72. The molecule has 0 saturated carbocycles. The summed E-state index contributed by atoms with van der Waals surface area (Å²) < 4.78 is 53.8. The van der Waals surface area contributed by atoms with Crippen molar-refractivity contribution in [3.05, 3.63) is 36.5 Å². The van der Waals surface area contributed by atoms with Gasteiger partial charge in [-0.15, -0.1) is 0 Å². The van der Waals surface area contributed by atoms with Crippen LogP contribution in [0.4, 0.5) is 5.69 Å². The number of likely N-dealkylation sites (N-methyl/N-ethyl adjacent to an activating group) is 1. The van der Waals surface area contributed by atoms with E-state index in [-0.39, 0.29) is 16.5 Å². The van der Waals surface area contributed by atoms with E-state index in [9.17, 15) is 21.6 Å². The van der Waals surface area contributed by atoms with Crippen molar-refractivity contribution in [1.29, 1.82) is 0 Å². The molecule has 2 N–H and O–H groups in total. The first kappa shape index (κ1) is 22.2. The van der Waals surface area contributed by atoms with Crippen LogP contribution in [0.5, 0.6) is 0 Å². The Morgan fingerprint density at radius 3 is 2.29 bits per heavy atom. The van der Waals surface area contributed by atoms with Gasteiger partial charge in [0.15, 0.2) is 0 Å². The van der Waals surface area contributed by atoms with Crippen molar-refractivity contribution >= 4 is 31.8 Å². The number of amides is 1.